The third kappa shape index (κ3) is 3.57. The van der Waals surface area contributed by atoms with Gasteiger partial charge in [-0.2, -0.15) is 0 Å². The lowest BCUT2D eigenvalue weighted by Gasteiger charge is -2.16. The van der Waals surface area contributed by atoms with E-state index in [0.717, 1.165) is 10.4 Å². The second-order valence-corrected chi connectivity index (χ2v) is 6.04. The zero-order valence-electron chi connectivity index (χ0n) is 12.9. The van der Waals surface area contributed by atoms with Crippen molar-refractivity contribution in [3.63, 3.8) is 0 Å². The van der Waals surface area contributed by atoms with Crippen molar-refractivity contribution in [1.29, 1.82) is 0 Å². The number of nitrogens with zero attached hydrogens (tertiary/aromatic N) is 2. The Hall–Kier alpha value is -2.80. The molecular weight excluding hydrogens is 326 g/mol. The summed E-state index contributed by atoms with van der Waals surface area (Å²) in [6, 6.07) is 10.6. The molecule has 0 fully saturated rings. The predicted octanol–water partition coefficient (Wildman–Crippen LogP) is 2.73. The average molecular weight is 341 g/mol. The minimum atomic E-state index is -0.460. The third-order valence-corrected chi connectivity index (χ3v) is 4.46. The fourth-order valence-electron chi connectivity index (χ4n) is 2.26. The van der Waals surface area contributed by atoms with Gasteiger partial charge in [0.2, 0.25) is 0 Å². The number of rotatable bonds is 5. The number of hydrogen-bond donors (Lipinski definition) is 1. The lowest BCUT2D eigenvalue weighted by molar-refractivity contribution is -0.141. The molecule has 0 aliphatic carbocycles. The summed E-state index contributed by atoms with van der Waals surface area (Å²) in [7, 11) is 1.32. The van der Waals surface area contributed by atoms with Crippen molar-refractivity contribution in [3.05, 3.63) is 58.5 Å². The maximum atomic E-state index is 12.5. The van der Waals surface area contributed by atoms with Crippen molar-refractivity contribution >= 4 is 34.2 Å². The summed E-state index contributed by atoms with van der Waals surface area (Å²) in [5.74, 6) is -0.770. The Morgan fingerprint density at radius 3 is 2.71 bits per heavy atom. The normalized spacial score (nSPS) is 11.9. The van der Waals surface area contributed by atoms with Crippen LogP contribution in [0.25, 0.3) is 11.0 Å². The van der Waals surface area contributed by atoms with Crippen molar-refractivity contribution in [3.8, 4) is 0 Å². The number of benzene rings is 1. The summed E-state index contributed by atoms with van der Waals surface area (Å²) in [5.41, 5.74) is 1.57. The van der Waals surface area contributed by atoms with Crippen molar-refractivity contribution in [2.24, 2.45) is 0 Å². The van der Waals surface area contributed by atoms with Crippen LogP contribution in [0.15, 0.2) is 48.0 Å². The van der Waals surface area contributed by atoms with Gasteiger partial charge >= 0.3 is 5.97 Å². The van der Waals surface area contributed by atoms with Gasteiger partial charge in [0.1, 0.15) is 5.69 Å². The molecule has 0 bridgehead atoms. The highest BCUT2D eigenvalue weighted by molar-refractivity contribution is 7.10. The molecule has 3 aromatic rings. The second-order valence-electron chi connectivity index (χ2n) is 5.07. The first kappa shape index (κ1) is 16.1. The summed E-state index contributed by atoms with van der Waals surface area (Å²) in [6.45, 7) is 0. The molecule has 0 saturated heterocycles. The first-order chi connectivity index (χ1) is 11.7. The standard InChI is InChI=1S/C17H15N3O3S/c1-23-16(21)9-13(15-7-4-8-24-15)20-17(22)14-10-18-11-5-2-3-6-12(11)19-14/h2-8,10,13H,9H2,1H3,(H,20,22)/t13-/m1/s1. The molecule has 0 aliphatic rings. The highest BCUT2D eigenvalue weighted by Crippen LogP contribution is 2.23. The van der Waals surface area contributed by atoms with E-state index in [4.69, 9.17) is 4.74 Å². The maximum Gasteiger partial charge on any atom is 0.307 e. The summed E-state index contributed by atoms with van der Waals surface area (Å²) >= 11 is 1.46. The molecule has 2 aromatic heterocycles. The molecule has 0 aliphatic heterocycles. The third-order valence-electron chi connectivity index (χ3n) is 3.47. The molecule has 0 unspecified atom stereocenters. The Morgan fingerprint density at radius 1 is 1.21 bits per heavy atom. The van der Waals surface area contributed by atoms with Crippen molar-refractivity contribution in [2.75, 3.05) is 7.11 Å². The van der Waals surface area contributed by atoms with Crippen molar-refractivity contribution < 1.29 is 14.3 Å². The van der Waals surface area contributed by atoms with Gasteiger partial charge in [-0.15, -0.1) is 11.3 Å². The Kier molecular flexibility index (Phi) is 4.81. The minimum absolute atomic E-state index is 0.0593. The van der Waals surface area contributed by atoms with Crippen LogP contribution < -0.4 is 5.32 Å². The van der Waals surface area contributed by atoms with E-state index in [0.29, 0.717) is 5.52 Å². The molecule has 6 nitrogen and oxygen atoms in total. The van der Waals surface area contributed by atoms with Gasteiger partial charge < -0.3 is 10.1 Å². The molecule has 0 spiro atoms. The quantitative estimate of drug-likeness (QED) is 0.722. The van der Waals surface area contributed by atoms with Crippen LogP contribution in [0.4, 0.5) is 0 Å². The zero-order valence-corrected chi connectivity index (χ0v) is 13.7. The van der Waals surface area contributed by atoms with Crippen LogP contribution in [0.3, 0.4) is 0 Å². The van der Waals surface area contributed by atoms with E-state index in [1.54, 1.807) is 6.07 Å². The SMILES string of the molecule is COC(=O)C[C@@H](NC(=O)c1cnc2ccccc2n1)c1cccs1. The van der Waals surface area contributed by atoms with E-state index in [2.05, 4.69) is 15.3 Å². The monoisotopic (exact) mass is 341 g/mol. The number of amides is 1. The number of methoxy groups -OCH3 is 1. The molecule has 0 radical (unpaired) electrons. The first-order valence-electron chi connectivity index (χ1n) is 7.30. The highest BCUT2D eigenvalue weighted by Gasteiger charge is 2.21. The molecule has 1 aromatic carbocycles. The highest BCUT2D eigenvalue weighted by atomic mass is 32.1. The van der Waals surface area contributed by atoms with E-state index in [-0.39, 0.29) is 18.0 Å². The molecular formula is C17H15N3O3S. The minimum Gasteiger partial charge on any atom is -0.469 e. The van der Waals surface area contributed by atoms with E-state index in [1.807, 2.05) is 35.7 Å². The lowest BCUT2D eigenvalue weighted by Crippen LogP contribution is -2.30. The van der Waals surface area contributed by atoms with Gasteiger partial charge in [-0.25, -0.2) is 4.98 Å². The van der Waals surface area contributed by atoms with E-state index in [9.17, 15) is 9.59 Å². The molecule has 122 valence electrons. The van der Waals surface area contributed by atoms with Crippen LogP contribution in [0.1, 0.15) is 27.8 Å². The Bertz CT molecular complexity index is 864. The number of thiophene rings is 1. The van der Waals surface area contributed by atoms with Crippen LogP contribution in [0.5, 0.6) is 0 Å². The van der Waals surface area contributed by atoms with E-state index >= 15 is 0 Å². The Labute approximate surface area is 142 Å². The molecule has 7 heteroatoms. The van der Waals surface area contributed by atoms with Crippen LogP contribution in [0, 0.1) is 0 Å². The molecule has 0 saturated carbocycles. The number of esters is 1. The predicted molar refractivity (Wildman–Crippen MR) is 90.7 cm³/mol. The summed E-state index contributed by atoms with van der Waals surface area (Å²) < 4.78 is 4.71. The molecule has 24 heavy (non-hydrogen) atoms. The van der Waals surface area contributed by atoms with Gasteiger partial charge in [-0.1, -0.05) is 18.2 Å². The van der Waals surface area contributed by atoms with Gasteiger partial charge in [0, 0.05) is 4.88 Å². The van der Waals surface area contributed by atoms with Crippen molar-refractivity contribution in [1.82, 2.24) is 15.3 Å². The number of ether oxygens (including phenoxy) is 1. The number of aromatic nitrogens is 2. The summed E-state index contributed by atoms with van der Waals surface area (Å²) in [6.07, 6.45) is 1.49. The molecule has 1 N–H and O–H groups in total. The zero-order chi connectivity index (χ0) is 16.9. The van der Waals surface area contributed by atoms with Crippen LogP contribution in [0.2, 0.25) is 0 Å². The second kappa shape index (κ2) is 7.18. The fourth-order valence-corrected chi connectivity index (χ4v) is 3.04. The lowest BCUT2D eigenvalue weighted by atomic mass is 10.1. The Morgan fingerprint density at radius 2 is 2.00 bits per heavy atom. The molecule has 2 heterocycles. The fraction of sp³-hybridized carbons (Fsp3) is 0.176. The number of para-hydroxylation sites is 2. The first-order valence-corrected chi connectivity index (χ1v) is 8.18. The molecule has 1 atom stereocenters. The smallest absolute Gasteiger partial charge is 0.307 e. The van der Waals surface area contributed by atoms with Crippen LogP contribution >= 0.6 is 11.3 Å². The van der Waals surface area contributed by atoms with Gasteiger partial charge in [-0.05, 0) is 23.6 Å². The van der Waals surface area contributed by atoms with E-state index < -0.39 is 12.0 Å². The number of carbonyl (C=O) groups excluding carboxylic acids is 2. The number of fused-ring (bicyclic) bond motifs is 1. The van der Waals surface area contributed by atoms with Crippen LogP contribution in [-0.2, 0) is 9.53 Å². The largest absolute Gasteiger partial charge is 0.469 e. The van der Waals surface area contributed by atoms with Gasteiger partial charge in [-0.3, -0.25) is 14.6 Å². The van der Waals surface area contributed by atoms with Crippen molar-refractivity contribution in [2.45, 2.75) is 12.5 Å². The number of carbonyl (C=O) groups is 2. The molecule has 1 amide bonds. The van der Waals surface area contributed by atoms with Gasteiger partial charge in [0.05, 0.1) is 36.8 Å². The van der Waals surface area contributed by atoms with Crippen LogP contribution in [-0.4, -0.2) is 29.0 Å². The topological polar surface area (TPSA) is 81.2 Å². The Balaban J connectivity index is 1.82. The van der Waals surface area contributed by atoms with E-state index in [1.165, 1.54) is 24.6 Å². The number of nitrogens with one attached hydrogen (secondary N) is 1. The summed E-state index contributed by atoms with van der Waals surface area (Å²) in [5, 5.41) is 4.72. The number of hydrogen-bond acceptors (Lipinski definition) is 6. The average Bonchev–Trinajstić information content (AvgIpc) is 3.15. The van der Waals surface area contributed by atoms with Gasteiger partial charge in [0.15, 0.2) is 0 Å². The summed E-state index contributed by atoms with van der Waals surface area (Å²) in [4.78, 5) is 33.6. The van der Waals surface area contributed by atoms with Gasteiger partial charge in [0.25, 0.3) is 5.91 Å². The molecule has 3 rings (SSSR count). The maximum absolute atomic E-state index is 12.5.